The lowest BCUT2D eigenvalue weighted by molar-refractivity contribution is 0.282. The number of hydrogen-bond acceptors (Lipinski definition) is 2. The second kappa shape index (κ2) is 5.93. The zero-order valence-corrected chi connectivity index (χ0v) is 12.5. The summed E-state index contributed by atoms with van der Waals surface area (Å²) in [5.41, 5.74) is 0.529. The van der Waals surface area contributed by atoms with Crippen LogP contribution in [-0.2, 0) is 13.2 Å². The van der Waals surface area contributed by atoms with Crippen molar-refractivity contribution in [1.29, 1.82) is 0 Å². The fourth-order valence-electron chi connectivity index (χ4n) is 2.70. The lowest BCUT2D eigenvalue weighted by atomic mass is 10.0. The number of halogens is 2. The molecule has 0 fully saturated rings. The van der Waals surface area contributed by atoms with Gasteiger partial charge in [0.05, 0.1) is 23.1 Å². The number of rotatable bonds is 3. The highest BCUT2D eigenvalue weighted by molar-refractivity contribution is 5.86. The first-order valence-corrected chi connectivity index (χ1v) is 7.28. The number of fused-ring (bicyclic) bond motifs is 1. The van der Waals surface area contributed by atoms with Gasteiger partial charge in [0.2, 0.25) is 0 Å². The van der Waals surface area contributed by atoms with E-state index < -0.39 is 17.1 Å². The monoisotopic (exact) mass is 315 g/mol. The summed E-state index contributed by atoms with van der Waals surface area (Å²) in [6.45, 7) is 2.14. The number of benzene rings is 2. The Hall–Kier alpha value is -2.53. The molecular formula is C18H15F2NO2. The first-order chi connectivity index (χ1) is 11.1. The van der Waals surface area contributed by atoms with Crippen molar-refractivity contribution in [1.82, 2.24) is 4.57 Å². The average Bonchev–Trinajstić information content (AvgIpc) is 2.56. The van der Waals surface area contributed by atoms with E-state index in [1.807, 2.05) is 6.92 Å². The van der Waals surface area contributed by atoms with E-state index >= 15 is 0 Å². The van der Waals surface area contributed by atoms with E-state index in [1.54, 1.807) is 28.8 Å². The van der Waals surface area contributed by atoms with Crippen molar-refractivity contribution in [2.24, 2.45) is 0 Å². The van der Waals surface area contributed by atoms with Crippen molar-refractivity contribution in [2.45, 2.75) is 20.1 Å². The Labute approximate surface area is 131 Å². The average molecular weight is 315 g/mol. The number of aromatic nitrogens is 1. The number of nitrogens with zero attached hydrogens (tertiary/aromatic N) is 1. The molecule has 0 saturated carbocycles. The third-order valence-electron chi connectivity index (χ3n) is 3.92. The van der Waals surface area contributed by atoms with Crippen LogP contribution in [0.15, 0.2) is 47.4 Å². The molecule has 3 rings (SSSR count). The van der Waals surface area contributed by atoms with Gasteiger partial charge in [-0.3, -0.25) is 4.79 Å². The number of aliphatic hydroxyl groups is 1. The van der Waals surface area contributed by atoms with E-state index in [1.165, 1.54) is 12.3 Å². The molecule has 0 amide bonds. The molecule has 5 heteroatoms. The highest BCUT2D eigenvalue weighted by Gasteiger charge is 2.18. The maximum atomic E-state index is 15.0. The Bertz CT molecular complexity index is 930. The summed E-state index contributed by atoms with van der Waals surface area (Å²) in [6, 6.07) is 8.71. The van der Waals surface area contributed by atoms with Crippen LogP contribution in [0.2, 0.25) is 0 Å². The van der Waals surface area contributed by atoms with Crippen LogP contribution in [0.4, 0.5) is 8.78 Å². The van der Waals surface area contributed by atoms with Crippen LogP contribution in [0, 0.1) is 11.6 Å². The van der Waals surface area contributed by atoms with Crippen LogP contribution >= 0.6 is 0 Å². The van der Waals surface area contributed by atoms with Gasteiger partial charge in [0.15, 0.2) is 11.2 Å². The summed E-state index contributed by atoms with van der Waals surface area (Å²) < 4.78 is 31.0. The highest BCUT2D eigenvalue weighted by atomic mass is 19.1. The maximum Gasteiger partial charge on any atom is 0.189 e. The van der Waals surface area contributed by atoms with Gasteiger partial charge in [-0.1, -0.05) is 24.3 Å². The van der Waals surface area contributed by atoms with Gasteiger partial charge in [0, 0.05) is 18.8 Å². The molecule has 0 aliphatic rings. The van der Waals surface area contributed by atoms with Crippen LogP contribution in [0.1, 0.15) is 12.5 Å². The molecule has 0 saturated heterocycles. The third-order valence-corrected chi connectivity index (χ3v) is 3.92. The van der Waals surface area contributed by atoms with Crippen LogP contribution in [-0.4, -0.2) is 9.67 Å². The highest BCUT2D eigenvalue weighted by Crippen LogP contribution is 2.31. The molecule has 2 aromatic carbocycles. The Morgan fingerprint density at radius 3 is 2.43 bits per heavy atom. The Morgan fingerprint density at radius 2 is 1.83 bits per heavy atom. The second-order valence-corrected chi connectivity index (χ2v) is 5.26. The molecule has 0 bridgehead atoms. The molecule has 1 N–H and O–H groups in total. The maximum absolute atomic E-state index is 15.0. The predicted molar refractivity (Wildman–Crippen MR) is 85.2 cm³/mol. The lowest BCUT2D eigenvalue weighted by Crippen LogP contribution is -2.10. The molecule has 0 aliphatic carbocycles. The van der Waals surface area contributed by atoms with Gasteiger partial charge in [0.25, 0.3) is 0 Å². The fraction of sp³-hybridized carbons (Fsp3) is 0.167. The van der Waals surface area contributed by atoms with E-state index in [2.05, 4.69) is 0 Å². The minimum atomic E-state index is -0.780. The lowest BCUT2D eigenvalue weighted by Gasteiger charge is -2.13. The SMILES string of the molecule is CCn1ccc(=O)c2cc(F)c(-c3ccc(CO)cc3)c(F)c21. The fourth-order valence-corrected chi connectivity index (χ4v) is 2.70. The Balaban J connectivity index is 2.35. The van der Waals surface area contributed by atoms with Crippen LogP contribution in [0.25, 0.3) is 22.0 Å². The van der Waals surface area contributed by atoms with Crippen LogP contribution in [0.3, 0.4) is 0 Å². The van der Waals surface area contributed by atoms with Crippen molar-refractivity contribution >= 4 is 10.9 Å². The number of aliphatic hydroxyl groups excluding tert-OH is 1. The topological polar surface area (TPSA) is 42.2 Å². The van der Waals surface area contributed by atoms with Crippen molar-refractivity contribution in [2.75, 3.05) is 0 Å². The minimum Gasteiger partial charge on any atom is -0.392 e. The molecule has 0 unspecified atom stereocenters. The molecule has 1 aromatic heterocycles. The van der Waals surface area contributed by atoms with Gasteiger partial charge < -0.3 is 9.67 Å². The first-order valence-electron chi connectivity index (χ1n) is 7.28. The molecule has 0 spiro atoms. The molecule has 23 heavy (non-hydrogen) atoms. The summed E-state index contributed by atoms with van der Waals surface area (Å²) >= 11 is 0. The standard InChI is InChI=1S/C18H15F2NO2/c1-2-21-8-7-15(23)13-9-14(19)16(17(20)18(13)21)12-5-3-11(10-22)4-6-12/h3-9,22H,2,10H2,1H3. The molecule has 3 aromatic rings. The van der Waals surface area contributed by atoms with E-state index in [9.17, 15) is 13.6 Å². The second-order valence-electron chi connectivity index (χ2n) is 5.26. The van der Waals surface area contributed by atoms with Gasteiger partial charge in [-0.05, 0) is 24.1 Å². The third kappa shape index (κ3) is 2.53. The largest absolute Gasteiger partial charge is 0.392 e. The molecule has 0 atom stereocenters. The van der Waals surface area contributed by atoms with Gasteiger partial charge in [0.1, 0.15) is 5.82 Å². The molecule has 0 radical (unpaired) electrons. The van der Waals surface area contributed by atoms with E-state index in [0.29, 0.717) is 17.7 Å². The molecule has 1 heterocycles. The summed E-state index contributed by atoms with van der Waals surface area (Å²) in [5.74, 6) is -1.53. The van der Waals surface area contributed by atoms with E-state index in [4.69, 9.17) is 5.11 Å². The van der Waals surface area contributed by atoms with Crippen molar-refractivity contribution in [3.63, 3.8) is 0 Å². The summed E-state index contributed by atoms with van der Waals surface area (Å²) in [5, 5.41) is 9.09. The summed E-state index contributed by atoms with van der Waals surface area (Å²) in [6.07, 6.45) is 1.50. The quantitative estimate of drug-likeness (QED) is 0.804. The molecule has 3 nitrogen and oxygen atoms in total. The van der Waals surface area contributed by atoms with Crippen LogP contribution < -0.4 is 5.43 Å². The summed E-state index contributed by atoms with van der Waals surface area (Å²) in [4.78, 5) is 11.9. The zero-order valence-electron chi connectivity index (χ0n) is 12.5. The summed E-state index contributed by atoms with van der Waals surface area (Å²) in [7, 11) is 0. The van der Waals surface area contributed by atoms with E-state index in [-0.39, 0.29) is 23.1 Å². The molecular weight excluding hydrogens is 300 g/mol. The number of hydrogen-bond donors (Lipinski definition) is 1. The van der Waals surface area contributed by atoms with Gasteiger partial charge in [-0.2, -0.15) is 0 Å². The van der Waals surface area contributed by atoms with Crippen LogP contribution in [0.5, 0.6) is 0 Å². The van der Waals surface area contributed by atoms with Gasteiger partial charge >= 0.3 is 0 Å². The van der Waals surface area contributed by atoms with Crippen molar-refractivity contribution < 1.29 is 13.9 Å². The number of pyridine rings is 1. The smallest absolute Gasteiger partial charge is 0.189 e. The van der Waals surface area contributed by atoms with Gasteiger partial charge in [-0.15, -0.1) is 0 Å². The van der Waals surface area contributed by atoms with E-state index in [0.717, 1.165) is 6.07 Å². The molecule has 0 aliphatic heterocycles. The minimum absolute atomic E-state index is 0.0279. The normalized spacial score (nSPS) is 11.1. The zero-order chi connectivity index (χ0) is 16.6. The number of aryl methyl sites for hydroxylation is 1. The Morgan fingerprint density at radius 1 is 1.13 bits per heavy atom. The predicted octanol–water partition coefficient (Wildman–Crippen LogP) is 3.46. The van der Waals surface area contributed by atoms with Gasteiger partial charge in [-0.25, -0.2) is 8.78 Å². The Kier molecular flexibility index (Phi) is 3.96. The molecule has 118 valence electrons. The van der Waals surface area contributed by atoms with Crippen molar-refractivity contribution in [3.8, 4) is 11.1 Å². The first kappa shape index (κ1) is 15.4. The van der Waals surface area contributed by atoms with Crippen molar-refractivity contribution in [3.05, 3.63) is 70.0 Å².